The zero-order chi connectivity index (χ0) is 18.9. The van der Waals surface area contributed by atoms with Crippen molar-refractivity contribution in [2.45, 2.75) is 70.6 Å². The van der Waals surface area contributed by atoms with E-state index in [-0.39, 0.29) is 5.92 Å². The lowest BCUT2D eigenvalue weighted by molar-refractivity contribution is 0.0686. The minimum Gasteiger partial charge on any atom is -0.477 e. The van der Waals surface area contributed by atoms with Gasteiger partial charge in [0, 0.05) is 5.92 Å². The van der Waals surface area contributed by atoms with Crippen molar-refractivity contribution in [2.75, 3.05) is 0 Å². The fraction of sp³-hybridized carbons (Fsp3) is 0.500. The molecule has 26 heavy (non-hydrogen) atoms. The summed E-state index contributed by atoms with van der Waals surface area (Å²) in [6, 6.07) is 2.27. The Kier molecular flexibility index (Phi) is 8.02. The number of rotatable bonds is 10. The Morgan fingerprint density at radius 2 is 1.69 bits per heavy atom. The number of hydrogen-bond donors (Lipinski definition) is 1. The van der Waals surface area contributed by atoms with Crippen LogP contribution in [0.4, 0.5) is 8.78 Å². The Morgan fingerprint density at radius 3 is 2.23 bits per heavy atom. The van der Waals surface area contributed by atoms with E-state index in [0.717, 1.165) is 18.6 Å². The van der Waals surface area contributed by atoms with Gasteiger partial charge in [-0.15, -0.1) is 0 Å². The lowest BCUT2D eigenvalue weighted by atomic mass is 9.88. The number of carboxylic acid groups (broad SMARTS) is 1. The highest BCUT2D eigenvalue weighted by Crippen LogP contribution is 2.30. The van der Waals surface area contributed by atoms with Crippen LogP contribution in [0, 0.1) is 11.6 Å². The van der Waals surface area contributed by atoms with Crippen LogP contribution in [-0.4, -0.2) is 11.1 Å². The Hall–Kier alpha value is -1.97. The van der Waals surface area contributed by atoms with E-state index < -0.39 is 23.2 Å². The monoisotopic (exact) mass is 362 g/mol. The summed E-state index contributed by atoms with van der Waals surface area (Å²) in [5.41, 5.74) is 0.870. The van der Waals surface area contributed by atoms with Gasteiger partial charge in [0.2, 0.25) is 0 Å². The van der Waals surface area contributed by atoms with Gasteiger partial charge < -0.3 is 5.11 Å². The number of unbranched alkanes of at least 4 members (excludes halogenated alkanes) is 6. The molecule has 2 rings (SSSR count). The summed E-state index contributed by atoms with van der Waals surface area (Å²) < 4.78 is 27.7. The van der Waals surface area contributed by atoms with Gasteiger partial charge in [-0.05, 0) is 37.0 Å². The van der Waals surface area contributed by atoms with Crippen molar-refractivity contribution in [1.82, 2.24) is 0 Å². The Bertz CT molecular complexity index is 654. The summed E-state index contributed by atoms with van der Waals surface area (Å²) >= 11 is 0. The molecule has 1 aliphatic rings. The minimum absolute atomic E-state index is 0.111. The van der Waals surface area contributed by atoms with E-state index in [1.807, 2.05) is 12.2 Å². The van der Waals surface area contributed by atoms with Gasteiger partial charge in [-0.2, -0.15) is 0 Å². The molecule has 1 aromatic carbocycles. The molecule has 0 saturated heterocycles. The molecule has 0 saturated carbocycles. The van der Waals surface area contributed by atoms with Gasteiger partial charge in [0.15, 0.2) is 0 Å². The van der Waals surface area contributed by atoms with E-state index >= 15 is 0 Å². The number of benzene rings is 1. The molecule has 2 nitrogen and oxygen atoms in total. The number of hydrogen-bond acceptors (Lipinski definition) is 1. The molecular formula is C22H28F2O2. The molecule has 4 heteroatoms. The fourth-order valence-corrected chi connectivity index (χ4v) is 3.39. The standard InChI is InChI=1S/C22H28F2O2/c1-2-3-4-5-6-7-8-9-16-10-12-17(13-11-16)18-14-19(23)21(22(25)26)20(24)15-18/h10-12,14-15,17H,2-9,13H2,1H3,(H,25,26). The van der Waals surface area contributed by atoms with Crippen molar-refractivity contribution in [1.29, 1.82) is 0 Å². The van der Waals surface area contributed by atoms with E-state index in [2.05, 4.69) is 13.0 Å². The minimum atomic E-state index is -1.58. The fourth-order valence-electron chi connectivity index (χ4n) is 3.39. The first-order chi connectivity index (χ1) is 12.5. The van der Waals surface area contributed by atoms with Crippen molar-refractivity contribution in [3.8, 4) is 0 Å². The smallest absolute Gasteiger partial charge is 0.341 e. The van der Waals surface area contributed by atoms with Gasteiger partial charge in [-0.1, -0.05) is 69.2 Å². The summed E-state index contributed by atoms with van der Waals surface area (Å²) in [6.07, 6.45) is 16.8. The summed E-state index contributed by atoms with van der Waals surface area (Å²) in [5.74, 6) is -3.72. The third-order valence-electron chi connectivity index (χ3n) is 4.95. The number of halogens is 2. The van der Waals surface area contributed by atoms with E-state index in [9.17, 15) is 13.6 Å². The zero-order valence-corrected chi connectivity index (χ0v) is 15.4. The maximum Gasteiger partial charge on any atom is 0.341 e. The normalized spacial score (nSPS) is 16.6. The second-order valence-electron chi connectivity index (χ2n) is 7.02. The first-order valence-corrected chi connectivity index (χ1v) is 9.62. The lowest BCUT2D eigenvalue weighted by Gasteiger charge is -2.17. The first kappa shape index (κ1) is 20.3. The molecule has 1 unspecified atom stereocenters. The van der Waals surface area contributed by atoms with Crippen LogP contribution in [0.2, 0.25) is 0 Å². The summed E-state index contributed by atoms with van der Waals surface area (Å²) in [5, 5.41) is 8.84. The number of carbonyl (C=O) groups is 1. The molecule has 0 spiro atoms. The Morgan fingerprint density at radius 1 is 1.08 bits per heavy atom. The SMILES string of the molecule is CCCCCCCCCC1=CCC(c2cc(F)c(C(=O)O)c(F)c2)C=C1. The van der Waals surface area contributed by atoms with Gasteiger partial charge in [0.25, 0.3) is 0 Å². The van der Waals surface area contributed by atoms with Crippen LogP contribution in [0.5, 0.6) is 0 Å². The molecule has 0 heterocycles. The van der Waals surface area contributed by atoms with Crippen LogP contribution in [0.3, 0.4) is 0 Å². The van der Waals surface area contributed by atoms with E-state index in [0.29, 0.717) is 12.0 Å². The Balaban J connectivity index is 1.82. The highest BCUT2D eigenvalue weighted by atomic mass is 19.1. The molecule has 0 aromatic heterocycles. The van der Waals surface area contributed by atoms with E-state index in [1.54, 1.807) is 0 Å². The van der Waals surface area contributed by atoms with Crippen LogP contribution >= 0.6 is 0 Å². The number of aromatic carboxylic acids is 1. The van der Waals surface area contributed by atoms with Crippen LogP contribution < -0.4 is 0 Å². The third kappa shape index (κ3) is 5.79. The average molecular weight is 362 g/mol. The molecule has 1 aromatic rings. The molecule has 1 aliphatic carbocycles. The summed E-state index contributed by atoms with van der Waals surface area (Å²) in [6.45, 7) is 2.22. The molecule has 0 fully saturated rings. The molecular weight excluding hydrogens is 334 g/mol. The largest absolute Gasteiger partial charge is 0.477 e. The molecule has 0 bridgehead atoms. The molecule has 0 amide bonds. The van der Waals surface area contributed by atoms with Crippen molar-refractivity contribution in [3.63, 3.8) is 0 Å². The summed E-state index contributed by atoms with van der Waals surface area (Å²) in [4.78, 5) is 10.9. The van der Waals surface area contributed by atoms with Gasteiger partial charge in [0.05, 0.1) is 0 Å². The second kappa shape index (κ2) is 10.2. The molecule has 1 N–H and O–H groups in total. The maximum absolute atomic E-state index is 13.8. The second-order valence-corrected chi connectivity index (χ2v) is 7.02. The van der Waals surface area contributed by atoms with Gasteiger partial charge in [0.1, 0.15) is 17.2 Å². The van der Waals surface area contributed by atoms with Gasteiger partial charge >= 0.3 is 5.97 Å². The highest BCUT2D eigenvalue weighted by Gasteiger charge is 2.20. The zero-order valence-electron chi connectivity index (χ0n) is 15.4. The molecule has 142 valence electrons. The van der Waals surface area contributed by atoms with Crippen molar-refractivity contribution >= 4 is 5.97 Å². The van der Waals surface area contributed by atoms with Crippen LogP contribution in [0.15, 0.2) is 35.9 Å². The predicted octanol–water partition coefficient (Wildman–Crippen LogP) is 6.77. The van der Waals surface area contributed by atoms with Crippen molar-refractivity contribution < 1.29 is 18.7 Å². The van der Waals surface area contributed by atoms with E-state index in [4.69, 9.17) is 5.11 Å². The predicted molar refractivity (Wildman–Crippen MR) is 101 cm³/mol. The van der Waals surface area contributed by atoms with Crippen LogP contribution in [-0.2, 0) is 0 Å². The molecule has 0 aliphatic heterocycles. The molecule has 0 radical (unpaired) electrons. The first-order valence-electron chi connectivity index (χ1n) is 9.62. The molecule has 1 atom stereocenters. The third-order valence-corrected chi connectivity index (χ3v) is 4.95. The number of carboxylic acids is 1. The number of allylic oxidation sites excluding steroid dienone is 4. The van der Waals surface area contributed by atoms with E-state index in [1.165, 1.54) is 50.5 Å². The quantitative estimate of drug-likeness (QED) is 0.466. The lowest BCUT2D eigenvalue weighted by Crippen LogP contribution is -2.08. The Labute approximate surface area is 154 Å². The van der Waals surface area contributed by atoms with Crippen molar-refractivity contribution in [3.05, 3.63) is 58.7 Å². The van der Waals surface area contributed by atoms with Gasteiger partial charge in [-0.3, -0.25) is 0 Å². The van der Waals surface area contributed by atoms with Crippen molar-refractivity contribution in [2.24, 2.45) is 0 Å². The maximum atomic E-state index is 13.8. The highest BCUT2D eigenvalue weighted by molar-refractivity contribution is 5.88. The summed E-state index contributed by atoms with van der Waals surface area (Å²) in [7, 11) is 0. The topological polar surface area (TPSA) is 37.3 Å². The van der Waals surface area contributed by atoms with Crippen LogP contribution in [0.25, 0.3) is 0 Å². The van der Waals surface area contributed by atoms with Gasteiger partial charge in [-0.25, -0.2) is 13.6 Å². The average Bonchev–Trinajstić information content (AvgIpc) is 2.60. The van der Waals surface area contributed by atoms with Crippen LogP contribution in [0.1, 0.15) is 86.6 Å².